The van der Waals surface area contributed by atoms with Gasteiger partial charge in [0.15, 0.2) is 35.9 Å². The summed E-state index contributed by atoms with van der Waals surface area (Å²) in [7, 11) is -10.8. The van der Waals surface area contributed by atoms with Gasteiger partial charge in [0.1, 0.15) is 36.1 Å². The van der Waals surface area contributed by atoms with Crippen molar-refractivity contribution in [1.29, 1.82) is 0 Å². The Hall–Kier alpha value is -2.01. The summed E-state index contributed by atoms with van der Waals surface area (Å²) >= 11 is 0. The fourth-order valence-electron chi connectivity index (χ4n) is 4.57. The standard InChI is InChI=1S/C21H26N6O15P2.Na/c22-17(32)9-2-1-3-26(4-9)20-15(30)13(28)10(40-20)5-38-43(34,35)42-44(36,37)39-6-11-14(29)16(31)21(41-11)27-8-25-12-18(27)23-7-24-19(12)33;/h1-4,7-8,10-11,13-16,20-21,28-31H,5-6H2,(H4-,22,23,24,32,33,34,35,36,37);/p+1. The van der Waals surface area contributed by atoms with E-state index in [0.717, 1.165) is 17.2 Å². The quantitative estimate of drug-likeness (QED) is 0.0546. The fraction of sp³-hybridized carbons (Fsp3) is 0.476. The number of phosphoric acid groups is 2. The number of carbonyl (C=O) groups excluding carboxylic acids is 1. The summed E-state index contributed by atoms with van der Waals surface area (Å²) in [4.78, 5) is 53.5. The Kier molecular flexibility index (Phi) is 11.1. The zero-order chi connectivity index (χ0) is 32.0. The number of amides is 1. The van der Waals surface area contributed by atoms with Crippen LogP contribution in [0.2, 0.25) is 0 Å². The van der Waals surface area contributed by atoms with Crippen molar-refractivity contribution in [1.82, 2.24) is 19.5 Å². The SMILES string of the molecule is NC(=O)c1ccc[n+](C2OC(COP(=O)(O)OP(=O)(O)OCC3OC(n4cnc5c(=O)[nH]cnc54)C(O)C3O)C(O)C2O)c1.[Na]. The summed E-state index contributed by atoms with van der Waals surface area (Å²) in [6.45, 7) is -1.84. The number of hydrogen-bond acceptors (Lipinski definition) is 15. The number of hydrogen-bond donors (Lipinski definition) is 8. The predicted molar refractivity (Wildman–Crippen MR) is 144 cm³/mol. The Labute approximate surface area is 273 Å². The maximum absolute atomic E-state index is 12.4. The molecule has 0 aromatic carbocycles. The van der Waals surface area contributed by atoms with Crippen molar-refractivity contribution in [3.05, 3.63) is 53.1 Å². The van der Waals surface area contributed by atoms with E-state index in [1.165, 1.54) is 29.1 Å². The third-order valence-corrected chi connectivity index (χ3v) is 9.33. The number of ether oxygens (including phenoxy) is 2. The Morgan fingerprint density at radius 1 is 1.02 bits per heavy atom. The van der Waals surface area contributed by atoms with Gasteiger partial charge in [0.25, 0.3) is 17.7 Å². The number of nitrogens with zero attached hydrogens (tertiary/aromatic N) is 4. The average Bonchev–Trinajstić information content (AvgIpc) is 3.61. The maximum Gasteiger partial charge on any atom is 0.481 e. The molecule has 1 radical (unpaired) electrons. The number of pyridine rings is 1. The first-order chi connectivity index (χ1) is 20.7. The topological polar surface area (TPSA) is 312 Å². The molecule has 21 nitrogen and oxygen atoms in total. The second kappa shape index (κ2) is 14.0. The van der Waals surface area contributed by atoms with Crippen molar-refractivity contribution >= 4 is 62.3 Å². The molecule has 1 amide bonds. The van der Waals surface area contributed by atoms with E-state index >= 15 is 0 Å². The molecule has 0 bridgehead atoms. The number of H-pyrrole nitrogens is 1. The molecule has 2 fully saturated rings. The molecule has 3 aromatic rings. The van der Waals surface area contributed by atoms with Crippen molar-refractivity contribution in [3.8, 4) is 0 Å². The van der Waals surface area contributed by atoms with Gasteiger partial charge in [0.05, 0.1) is 25.9 Å². The van der Waals surface area contributed by atoms with Gasteiger partial charge in [-0.3, -0.25) is 23.2 Å². The number of imidazole rings is 1. The van der Waals surface area contributed by atoms with Crippen molar-refractivity contribution in [3.63, 3.8) is 0 Å². The van der Waals surface area contributed by atoms with E-state index in [0.29, 0.717) is 0 Å². The van der Waals surface area contributed by atoms with Crippen LogP contribution in [0, 0.1) is 0 Å². The Morgan fingerprint density at radius 2 is 1.64 bits per heavy atom. The molecule has 24 heteroatoms. The van der Waals surface area contributed by atoms with Crippen molar-refractivity contribution in [2.24, 2.45) is 5.73 Å². The smallest absolute Gasteiger partial charge is 0.387 e. The number of nitrogens with two attached hydrogens (primary N) is 1. The van der Waals surface area contributed by atoms with Crippen molar-refractivity contribution < 1.29 is 71.5 Å². The summed E-state index contributed by atoms with van der Waals surface area (Å²) in [6, 6.07) is 2.82. The van der Waals surface area contributed by atoms with Crippen LogP contribution in [0.3, 0.4) is 0 Å². The van der Waals surface area contributed by atoms with Crippen LogP contribution in [0.25, 0.3) is 11.2 Å². The van der Waals surface area contributed by atoms with Crippen LogP contribution in [0.5, 0.6) is 0 Å². The third-order valence-electron chi connectivity index (χ3n) is 6.72. The number of aromatic nitrogens is 5. The number of nitrogens with one attached hydrogen (secondary N) is 1. The van der Waals surface area contributed by atoms with Gasteiger partial charge in [0, 0.05) is 35.6 Å². The minimum absolute atomic E-state index is 0. The van der Waals surface area contributed by atoms with Gasteiger partial charge in [-0.2, -0.15) is 8.88 Å². The fourth-order valence-corrected chi connectivity index (χ4v) is 6.66. The third kappa shape index (κ3) is 7.77. The number of aliphatic hydroxyl groups excluding tert-OH is 4. The zero-order valence-corrected chi connectivity index (χ0v) is 26.9. The normalized spacial score (nSPS) is 30.9. The van der Waals surface area contributed by atoms with Crippen LogP contribution in [0.15, 0.2) is 42.0 Å². The van der Waals surface area contributed by atoms with Gasteiger partial charge in [-0.05, 0) is 6.07 Å². The molecule has 0 spiro atoms. The summed E-state index contributed by atoms with van der Waals surface area (Å²) in [6.07, 6.45) is -7.25. The number of primary amides is 1. The van der Waals surface area contributed by atoms with E-state index in [2.05, 4.69) is 28.3 Å². The van der Waals surface area contributed by atoms with Gasteiger partial charge >= 0.3 is 15.6 Å². The molecular formula is C21H27N6NaO15P2+. The van der Waals surface area contributed by atoms with Crippen LogP contribution in [0.1, 0.15) is 22.8 Å². The van der Waals surface area contributed by atoms with Gasteiger partial charge in [0.2, 0.25) is 0 Å². The maximum atomic E-state index is 12.4. The van der Waals surface area contributed by atoms with Crippen LogP contribution in [-0.2, 0) is 32.0 Å². The van der Waals surface area contributed by atoms with Crippen LogP contribution < -0.4 is 15.9 Å². The summed E-state index contributed by atoms with van der Waals surface area (Å²) in [5.41, 5.74) is 4.65. The average molecular weight is 688 g/mol. The Morgan fingerprint density at radius 3 is 2.29 bits per heavy atom. The number of aromatic amines is 1. The molecule has 241 valence electrons. The molecule has 0 aliphatic carbocycles. The minimum atomic E-state index is -5.39. The zero-order valence-electron chi connectivity index (χ0n) is 23.1. The molecule has 2 aliphatic heterocycles. The molecule has 0 saturated carbocycles. The van der Waals surface area contributed by atoms with Gasteiger partial charge < -0.3 is 50.4 Å². The molecule has 10 unspecified atom stereocenters. The summed E-state index contributed by atoms with van der Waals surface area (Å²) in [5, 5.41) is 41.5. The second-order valence-electron chi connectivity index (χ2n) is 9.66. The van der Waals surface area contributed by atoms with Gasteiger partial charge in [-0.25, -0.2) is 19.1 Å². The van der Waals surface area contributed by atoms with Crippen molar-refractivity contribution in [2.45, 2.75) is 49.1 Å². The molecule has 9 N–H and O–H groups in total. The van der Waals surface area contributed by atoms with Crippen LogP contribution in [-0.4, -0.2) is 135 Å². The van der Waals surface area contributed by atoms with E-state index in [1.54, 1.807) is 0 Å². The largest absolute Gasteiger partial charge is 0.481 e. The number of carbonyl (C=O) groups is 1. The monoisotopic (exact) mass is 688 g/mol. The van der Waals surface area contributed by atoms with E-state index < -0.39 is 89.4 Å². The number of phosphoric ester groups is 2. The molecule has 10 atom stereocenters. The minimum Gasteiger partial charge on any atom is -0.387 e. The first-order valence-corrected chi connectivity index (χ1v) is 15.6. The molecule has 2 saturated heterocycles. The molecule has 5 heterocycles. The summed E-state index contributed by atoms with van der Waals surface area (Å²) in [5.74, 6) is -0.770. The Balaban J connectivity index is 0.00000461. The van der Waals surface area contributed by atoms with Crippen LogP contribution >= 0.6 is 15.6 Å². The van der Waals surface area contributed by atoms with E-state index in [-0.39, 0.29) is 46.3 Å². The number of rotatable bonds is 11. The molecule has 3 aromatic heterocycles. The molecular weight excluding hydrogens is 661 g/mol. The molecule has 2 aliphatic rings. The second-order valence-corrected chi connectivity index (χ2v) is 12.7. The van der Waals surface area contributed by atoms with Gasteiger partial charge in [-0.1, -0.05) is 0 Å². The first-order valence-electron chi connectivity index (χ1n) is 12.6. The van der Waals surface area contributed by atoms with Crippen molar-refractivity contribution in [2.75, 3.05) is 13.2 Å². The molecule has 5 rings (SSSR count). The summed E-state index contributed by atoms with van der Waals surface area (Å²) < 4.78 is 51.8. The van der Waals surface area contributed by atoms with E-state index in [4.69, 9.17) is 15.2 Å². The number of fused-ring (bicyclic) bond motifs is 1. The molecule has 45 heavy (non-hydrogen) atoms. The number of aliphatic hydroxyl groups is 4. The Bertz CT molecular complexity index is 1690. The van der Waals surface area contributed by atoms with Crippen LogP contribution in [0.4, 0.5) is 0 Å². The first kappa shape index (κ1) is 35.8. The van der Waals surface area contributed by atoms with Gasteiger partial charge in [-0.15, -0.1) is 0 Å². The predicted octanol–water partition coefficient (Wildman–Crippen LogP) is -3.69. The van der Waals surface area contributed by atoms with E-state index in [1.807, 2.05) is 0 Å². The van der Waals surface area contributed by atoms with E-state index in [9.17, 15) is 48.9 Å².